The predicted octanol–water partition coefficient (Wildman–Crippen LogP) is 4.07. The van der Waals surface area contributed by atoms with Crippen LogP contribution >= 0.6 is 0 Å². The van der Waals surface area contributed by atoms with Gasteiger partial charge in [-0.1, -0.05) is 32.9 Å². The molecule has 5 fully saturated rings. The Kier molecular flexibility index (Phi) is 6.28. The minimum atomic E-state index is -0.478. The van der Waals surface area contributed by atoms with Crippen LogP contribution in [0.2, 0.25) is 0 Å². The van der Waals surface area contributed by atoms with E-state index in [1.165, 1.54) is 44.1 Å². The van der Waals surface area contributed by atoms with E-state index in [2.05, 4.69) is 29.3 Å². The van der Waals surface area contributed by atoms with Crippen molar-refractivity contribution in [3.63, 3.8) is 0 Å². The van der Waals surface area contributed by atoms with Gasteiger partial charge < -0.3 is 15.1 Å². The van der Waals surface area contributed by atoms with Crippen molar-refractivity contribution in [3.05, 3.63) is 35.4 Å². The number of nitrogens with one attached hydrogen (secondary N) is 1. The summed E-state index contributed by atoms with van der Waals surface area (Å²) < 4.78 is 0. The number of amides is 2. The van der Waals surface area contributed by atoms with Gasteiger partial charge in [0.05, 0.1) is 0 Å². The van der Waals surface area contributed by atoms with Crippen LogP contribution in [0.3, 0.4) is 0 Å². The summed E-state index contributed by atoms with van der Waals surface area (Å²) >= 11 is 0. The van der Waals surface area contributed by atoms with E-state index < -0.39 is 6.04 Å². The smallest absolute Gasteiger partial charge is 0.251 e. The first-order valence-corrected chi connectivity index (χ1v) is 13.3. The van der Waals surface area contributed by atoms with Crippen molar-refractivity contribution in [2.45, 2.75) is 70.8 Å². The summed E-state index contributed by atoms with van der Waals surface area (Å²) in [7, 11) is 0. The number of hydrogen-bond donors (Lipinski definition) is 1. The van der Waals surface area contributed by atoms with Gasteiger partial charge >= 0.3 is 0 Å². The maximum absolute atomic E-state index is 13.2. The van der Waals surface area contributed by atoms with Gasteiger partial charge in [-0.2, -0.15) is 0 Å². The molecule has 0 radical (unpaired) electrons. The molecule has 5 heteroatoms. The van der Waals surface area contributed by atoms with Gasteiger partial charge in [0.2, 0.25) is 5.91 Å². The van der Waals surface area contributed by atoms with E-state index in [9.17, 15) is 9.59 Å². The number of carbonyl (C=O) groups excluding carboxylic acids is 2. The van der Waals surface area contributed by atoms with Crippen molar-refractivity contribution in [1.82, 2.24) is 15.1 Å². The summed E-state index contributed by atoms with van der Waals surface area (Å²) in [5, 5.41) is 3.07. The third kappa shape index (κ3) is 4.45. The van der Waals surface area contributed by atoms with Crippen LogP contribution in [0, 0.1) is 23.7 Å². The van der Waals surface area contributed by atoms with Crippen LogP contribution in [0.25, 0.3) is 0 Å². The second kappa shape index (κ2) is 9.05. The van der Waals surface area contributed by atoms with E-state index in [1.807, 2.05) is 30.9 Å². The largest absolute Gasteiger partial charge is 0.340 e. The summed E-state index contributed by atoms with van der Waals surface area (Å²) in [6.45, 7) is 10.5. The van der Waals surface area contributed by atoms with E-state index in [0.29, 0.717) is 11.0 Å². The molecule has 5 nitrogen and oxygen atoms in total. The molecule has 5 aliphatic rings. The summed E-state index contributed by atoms with van der Waals surface area (Å²) in [5.41, 5.74) is 2.45. The average Bonchev–Trinajstić information content (AvgIpc) is 2.81. The number of hydrogen-bond acceptors (Lipinski definition) is 3. The van der Waals surface area contributed by atoms with Gasteiger partial charge in [0.1, 0.15) is 6.04 Å². The second-order valence-electron chi connectivity index (χ2n) is 11.7. The van der Waals surface area contributed by atoms with Gasteiger partial charge in [-0.05, 0) is 91.9 Å². The fourth-order valence-corrected chi connectivity index (χ4v) is 7.66. The number of benzene rings is 1. The molecule has 2 amide bonds. The average molecular weight is 452 g/mol. The number of piperazine rings is 1. The van der Waals surface area contributed by atoms with Crippen molar-refractivity contribution in [1.29, 1.82) is 0 Å². The summed E-state index contributed by atoms with van der Waals surface area (Å²) in [5.74, 6) is 2.71. The molecule has 1 atom stereocenters. The fraction of sp³-hybridized carbons (Fsp3) is 0.714. The van der Waals surface area contributed by atoms with Crippen LogP contribution < -0.4 is 5.32 Å². The molecule has 1 aromatic rings. The molecule has 4 aliphatic carbocycles. The molecule has 4 saturated carbocycles. The molecule has 0 aromatic heterocycles. The summed E-state index contributed by atoms with van der Waals surface area (Å²) in [6.07, 6.45) is 8.33. The van der Waals surface area contributed by atoms with Gasteiger partial charge in [0, 0.05) is 31.7 Å². The Bertz CT molecular complexity index is 834. The first-order valence-electron chi connectivity index (χ1n) is 13.3. The second-order valence-corrected chi connectivity index (χ2v) is 11.7. The van der Waals surface area contributed by atoms with Crippen molar-refractivity contribution >= 4 is 11.8 Å². The minimum Gasteiger partial charge on any atom is -0.340 e. The molecule has 1 unspecified atom stereocenters. The van der Waals surface area contributed by atoms with Crippen molar-refractivity contribution in [3.8, 4) is 0 Å². The molecule has 1 heterocycles. The number of likely N-dealkylation sites (N-methyl/N-ethyl adjacent to an activating group) is 1. The SMILES string of the molecule is CCN1CCN(C(=O)C(NC(=O)c2ccc(C34CC5CC(CC(C5)C3)C4)cc2)C(C)C)CC1. The molecular weight excluding hydrogens is 410 g/mol. The zero-order valence-electron chi connectivity index (χ0n) is 20.7. The zero-order valence-corrected chi connectivity index (χ0v) is 20.7. The third-order valence-electron chi connectivity index (χ3n) is 9.15. The van der Waals surface area contributed by atoms with Crippen molar-refractivity contribution in [2.75, 3.05) is 32.7 Å². The standard InChI is InChI=1S/C28H41N3O2/c1-4-30-9-11-31(12-10-30)27(33)25(19(2)3)29-26(32)23-5-7-24(8-6-23)28-16-20-13-21(17-28)15-22(14-20)18-28/h5-8,19-22,25H,4,9-18H2,1-3H3,(H,29,32). The van der Waals surface area contributed by atoms with Crippen LogP contribution in [0.1, 0.15) is 75.2 Å². The Hall–Kier alpha value is -1.88. The Balaban J connectivity index is 1.25. The number of carbonyl (C=O) groups is 2. The maximum atomic E-state index is 13.2. The van der Waals surface area contributed by atoms with Crippen LogP contribution in [0.5, 0.6) is 0 Å². The van der Waals surface area contributed by atoms with Crippen molar-refractivity contribution in [2.24, 2.45) is 23.7 Å². The molecule has 33 heavy (non-hydrogen) atoms. The molecular formula is C28H41N3O2. The number of rotatable bonds is 6. The predicted molar refractivity (Wildman–Crippen MR) is 131 cm³/mol. The van der Waals surface area contributed by atoms with Gasteiger partial charge in [0.15, 0.2) is 0 Å². The Labute approximate surface area is 199 Å². The quantitative estimate of drug-likeness (QED) is 0.709. The molecule has 4 bridgehead atoms. The van der Waals surface area contributed by atoms with Crippen molar-refractivity contribution < 1.29 is 9.59 Å². The monoisotopic (exact) mass is 451 g/mol. The molecule has 180 valence electrons. The van der Waals surface area contributed by atoms with Crippen LogP contribution in [-0.2, 0) is 10.2 Å². The zero-order chi connectivity index (χ0) is 23.2. The number of nitrogens with zero attached hydrogens (tertiary/aromatic N) is 2. The van der Waals surface area contributed by atoms with Gasteiger partial charge in [-0.15, -0.1) is 0 Å². The summed E-state index contributed by atoms with van der Waals surface area (Å²) in [6, 6.07) is 7.92. The van der Waals surface area contributed by atoms with E-state index >= 15 is 0 Å². The highest BCUT2D eigenvalue weighted by atomic mass is 16.2. The molecule has 1 N–H and O–H groups in total. The molecule has 0 spiro atoms. The lowest BCUT2D eigenvalue weighted by atomic mass is 9.48. The topological polar surface area (TPSA) is 52.6 Å². The van der Waals surface area contributed by atoms with Crippen LogP contribution in [0.15, 0.2) is 24.3 Å². The fourth-order valence-electron chi connectivity index (χ4n) is 7.66. The first kappa shape index (κ1) is 22.9. The summed E-state index contributed by atoms with van der Waals surface area (Å²) in [4.78, 5) is 30.6. The third-order valence-corrected chi connectivity index (χ3v) is 9.15. The highest BCUT2D eigenvalue weighted by molar-refractivity contribution is 5.97. The minimum absolute atomic E-state index is 0.0527. The van der Waals surface area contributed by atoms with Crippen LogP contribution in [-0.4, -0.2) is 60.4 Å². The molecule has 6 rings (SSSR count). The van der Waals surface area contributed by atoms with Gasteiger partial charge in [-0.25, -0.2) is 0 Å². The highest BCUT2D eigenvalue weighted by Gasteiger charge is 2.51. The van der Waals surface area contributed by atoms with E-state index in [4.69, 9.17) is 0 Å². The maximum Gasteiger partial charge on any atom is 0.251 e. The normalized spacial score (nSPS) is 32.2. The van der Waals surface area contributed by atoms with Gasteiger partial charge in [-0.3, -0.25) is 9.59 Å². The van der Waals surface area contributed by atoms with Gasteiger partial charge in [0.25, 0.3) is 5.91 Å². The first-order chi connectivity index (χ1) is 15.9. The Morgan fingerprint density at radius 3 is 1.97 bits per heavy atom. The highest BCUT2D eigenvalue weighted by Crippen LogP contribution is 2.60. The molecule has 1 saturated heterocycles. The lowest BCUT2D eigenvalue weighted by Crippen LogP contribution is -2.56. The van der Waals surface area contributed by atoms with E-state index in [-0.39, 0.29) is 17.7 Å². The Morgan fingerprint density at radius 1 is 0.939 bits per heavy atom. The van der Waals surface area contributed by atoms with E-state index in [1.54, 1.807) is 0 Å². The Morgan fingerprint density at radius 2 is 1.48 bits per heavy atom. The molecule has 1 aromatic carbocycles. The lowest BCUT2D eigenvalue weighted by molar-refractivity contribution is -0.136. The lowest BCUT2D eigenvalue weighted by Gasteiger charge is -2.57. The van der Waals surface area contributed by atoms with E-state index in [0.717, 1.165) is 50.5 Å². The van der Waals surface area contributed by atoms with Crippen LogP contribution in [0.4, 0.5) is 0 Å². The molecule has 1 aliphatic heterocycles.